The third kappa shape index (κ3) is 5.32. The third-order valence-electron chi connectivity index (χ3n) is 7.46. The number of hydrogen-bond acceptors (Lipinski definition) is 2. The maximum atomic E-state index is 4.71. The molecule has 0 bridgehead atoms. The van der Waals surface area contributed by atoms with E-state index in [4.69, 9.17) is 4.98 Å². The van der Waals surface area contributed by atoms with Crippen molar-refractivity contribution in [1.82, 2.24) is 23.7 Å². The van der Waals surface area contributed by atoms with Gasteiger partial charge in [0.15, 0.2) is 0 Å². The van der Waals surface area contributed by atoms with E-state index in [2.05, 4.69) is 111 Å². The van der Waals surface area contributed by atoms with Crippen molar-refractivity contribution in [2.75, 3.05) is 0 Å². The van der Waals surface area contributed by atoms with E-state index in [1.165, 1.54) is 5.39 Å². The van der Waals surface area contributed by atoms with Gasteiger partial charge in [-0.05, 0) is 36.2 Å². The van der Waals surface area contributed by atoms with Crippen LogP contribution >= 0.6 is 0 Å². The van der Waals surface area contributed by atoms with Crippen LogP contribution in [0, 0.1) is 12.1 Å². The molecule has 4 aromatic carbocycles. The van der Waals surface area contributed by atoms with Gasteiger partial charge in [-0.2, -0.15) is 12.1 Å². The summed E-state index contributed by atoms with van der Waals surface area (Å²) in [6, 6.07) is 51.2. The molecule has 0 unspecified atom stereocenters. The van der Waals surface area contributed by atoms with Crippen LogP contribution in [0.25, 0.3) is 33.2 Å². The molecule has 1 aliphatic heterocycles. The summed E-state index contributed by atoms with van der Waals surface area (Å²) in [5.41, 5.74) is 8.39. The Morgan fingerprint density at radius 3 is 2.11 bits per heavy atom. The van der Waals surface area contributed by atoms with Crippen LogP contribution in [0.2, 0.25) is 0 Å². The standard InChI is InChI=1S/C27H21N4.C11H8N.Ir/c1-19(2)31-26-21(22-13-9-17-28-27(22)31)12-8-16-25(26)30-18-29(20-10-4-3-5-11-20)23-14-6-7-15-24(23)30;1-2-6-10(7-3-1)11-8-4-5-9-12-11;/h3-15,17,19H,1-2H3;1-6,8-9H;/q+1;-1;. The number of para-hydroxylation sites is 3. The molecule has 0 atom stereocenters. The summed E-state index contributed by atoms with van der Waals surface area (Å²) in [5.74, 6) is 0. The first kappa shape index (κ1) is 29.1. The fraction of sp³-hybridized carbons (Fsp3) is 0.0789. The van der Waals surface area contributed by atoms with Gasteiger partial charge < -0.3 is 9.55 Å². The number of fused-ring (bicyclic) bond motifs is 4. The van der Waals surface area contributed by atoms with Crippen LogP contribution in [0.5, 0.6) is 0 Å². The molecule has 44 heavy (non-hydrogen) atoms. The van der Waals surface area contributed by atoms with Crippen LogP contribution < -0.4 is 9.15 Å². The summed E-state index contributed by atoms with van der Waals surface area (Å²) < 4.78 is 6.55. The normalized spacial score (nSPS) is 11.8. The van der Waals surface area contributed by atoms with Crippen molar-refractivity contribution < 1.29 is 20.1 Å². The Labute approximate surface area is 270 Å². The molecule has 0 saturated heterocycles. The van der Waals surface area contributed by atoms with Crippen LogP contribution in [0.1, 0.15) is 19.9 Å². The summed E-state index contributed by atoms with van der Waals surface area (Å²) in [6.07, 6.45) is 3.65. The molecular weight excluding hydrogens is 719 g/mol. The second kappa shape index (κ2) is 12.7. The number of rotatable bonds is 4. The van der Waals surface area contributed by atoms with Gasteiger partial charge in [-0.1, -0.05) is 58.5 Å². The molecule has 0 N–H and O–H groups in total. The SMILES string of the molecule is CC(C)n1c2ncccc2c2cc[c-]c([N+]3=C=[N+](c4ccccc4)c4ccccc43)c21.[Ir].[c-]1ccccc1-c1ccccn1. The molecule has 7 aromatic rings. The molecule has 5 nitrogen and oxygen atoms in total. The fourth-order valence-electron chi connectivity index (χ4n) is 5.59. The maximum absolute atomic E-state index is 4.71. The van der Waals surface area contributed by atoms with E-state index in [-0.39, 0.29) is 26.1 Å². The van der Waals surface area contributed by atoms with E-state index in [0.717, 1.165) is 50.6 Å². The number of aromatic nitrogens is 3. The Balaban J connectivity index is 0.000000222. The quantitative estimate of drug-likeness (QED) is 0.133. The molecule has 0 aliphatic carbocycles. The van der Waals surface area contributed by atoms with Crippen LogP contribution in [0.3, 0.4) is 0 Å². The largest absolute Gasteiger partial charge is 0.501 e. The predicted octanol–water partition coefficient (Wildman–Crippen LogP) is 8.97. The first-order chi connectivity index (χ1) is 21.2. The van der Waals surface area contributed by atoms with Gasteiger partial charge >= 0.3 is 6.01 Å². The van der Waals surface area contributed by atoms with E-state index in [1.807, 2.05) is 66.9 Å². The Morgan fingerprint density at radius 2 is 1.39 bits per heavy atom. The number of hydrogen-bond donors (Lipinski definition) is 0. The van der Waals surface area contributed by atoms with Gasteiger partial charge in [0.2, 0.25) is 5.69 Å². The van der Waals surface area contributed by atoms with E-state index in [9.17, 15) is 0 Å². The monoisotopic (exact) mass is 748 g/mol. The van der Waals surface area contributed by atoms with Gasteiger partial charge in [0.25, 0.3) is 11.4 Å². The zero-order chi connectivity index (χ0) is 29.2. The van der Waals surface area contributed by atoms with E-state index in [1.54, 1.807) is 6.20 Å². The average Bonchev–Trinajstić information content (AvgIpc) is 3.63. The number of benzene rings is 4. The van der Waals surface area contributed by atoms with Crippen LogP contribution in [0.15, 0.2) is 134 Å². The Kier molecular flexibility index (Phi) is 8.40. The Morgan fingerprint density at radius 1 is 0.659 bits per heavy atom. The van der Waals surface area contributed by atoms with Crippen LogP contribution in [-0.4, -0.2) is 20.5 Å². The Hall–Kier alpha value is -4.99. The molecule has 0 saturated carbocycles. The second-order valence-electron chi connectivity index (χ2n) is 10.5. The van der Waals surface area contributed by atoms with Gasteiger partial charge in [0.05, 0.1) is 0 Å². The van der Waals surface area contributed by atoms with Gasteiger partial charge in [0, 0.05) is 73.7 Å². The zero-order valence-corrected chi connectivity index (χ0v) is 26.7. The van der Waals surface area contributed by atoms with Crippen molar-refractivity contribution in [3.63, 3.8) is 0 Å². The molecule has 6 heteroatoms. The van der Waals surface area contributed by atoms with Gasteiger partial charge in [-0.15, -0.1) is 42.0 Å². The molecule has 0 amide bonds. The predicted molar refractivity (Wildman–Crippen MR) is 176 cm³/mol. The average molecular weight is 748 g/mol. The van der Waals surface area contributed by atoms with E-state index < -0.39 is 0 Å². The van der Waals surface area contributed by atoms with E-state index >= 15 is 0 Å². The van der Waals surface area contributed by atoms with Crippen molar-refractivity contribution in [3.05, 3.63) is 146 Å². The first-order valence-corrected chi connectivity index (χ1v) is 14.4. The minimum absolute atomic E-state index is 0. The molecule has 0 fully saturated rings. The van der Waals surface area contributed by atoms with Crippen LogP contribution in [0.4, 0.5) is 22.7 Å². The Bertz CT molecular complexity index is 2090. The summed E-state index contributed by atoms with van der Waals surface area (Å²) in [6.45, 7) is 4.40. The molecule has 215 valence electrons. The summed E-state index contributed by atoms with van der Waals surface area (Å²) >= 11 is 0. The first-order valence-electron chi connectivity index (χ1n) is 14.4. The molecule has 0 spiro atoms. The fourth-order valence-corrected chi connectivity index (χ4v) is 5.59. The van der Waals surface area contributed by atoms with E-state index in [0.29, 0.717) is 0 Å². The minimum atomic E-state index is 0. The van der Waals surface area contributed by atoms with Crippen molar-refractivity contribution in [2.24, 2.45) is 0 Å². The summed E-state index contributed by atoms with van der Waals surface area (Å²) in [4.78, 5) is 8.93. The molecule has 3 aromatic heterocycles. The van der Waals surface area contributed by atoms with Gasteiger partial charge in [-0.25, -0.2) is 4.98 Å². The number of nitrogens with zero attached hydrogens (tertiary/aromatic N) is 5. The van der Waals surface area contributed by atoms with Crippen LogP contribution in [-0.2, 0) is 20.1 Å². The topological polar surface area (TPSA) is 36.7 Å². The van der Waals surface area contributed by atoms with Crippen molar-refractivity contribution >= 4 is 50.7 Å². The second-order valence-corrected chi connectivity index (χ2v) is 10.5. The molecule has 1 aliphatic rings. The molecule has 1 radical (unpaired) electrons. The summed E-state index contributed by atoms with van der Waals surface area (Å²) in [7, 11) is 0. The summed E-state index contributed by atoms with van der Waals surface area (Å²) in [5, 5.41) is 2.34. The van der Waals surface area contributed by atoms with Crippen molar-refractivity contribution in [2.45, 2.75) is 19.9 Å². The molecule has 8 rings (SSSR count). The van der Waals surface area contributed by atoms with Crippen molar-refractivity contribution in [1.29, 1.82) is 0 Å². The molecular formula is C38H29IrN5. The number of pyridine rings is 2. The van der Waals surface area contributed by atoms with Crippen molar-refractivity contribution in [3.8, 4) is 11.3 Å². The maximum Gasteiger partial charge on any atom is 0.501 e. The third-order valence-corrected chi connectivity index (χ3v) is 7.46. The zero-order valence-electron chi connectivity index (χ0n) is 24.3. The van der Waals surface area contributed by atoms with Gasteiger partial charge in [0.1, 0.15) is 11.3 Å². The molecule has 4 heterocycles. The smallest absolute Gasteiger partial charge is 0.371 e. The minimum Gasteiger partial charge on any atom is -0.371 e. The van der Waals surface area contributed by atoms with Gasteiger partial charge in [-0.3, -0.25) is 0 Å².